The van der Waals surface area contributed by atoms with Crippen molar-refractivity contribution in [1.29, 1.82) is 0 Å². The Bertz CT molecular complexity index is 625. The van der Waals surface area contributed by atoms with Crippen LogP contribution >= 0.6 is 0 Å². The van der Waals surface area contributed by atoms with E-state index in [0.717, 1.165) is 12.1 Å². The van der Waals surface area contributed by atoms with Crippen molar-refractivity contribution in [2.45, 2.75) is 32.7 Å². The van der Waals surface area contributed by atoms with Gasteiger partial charge in [-0.25, -0.2) is 4.68 Å². The van der Waals surface area contributed by atoms with Crippen LogP contribution in [0.1, 0.15) is 37.6 Å². The molecule has 0 saturated heterocycles. The fourth-order valence-corrected chi connectivity index (χ4v) is 2.50. The Hall–Kier alpha value is -2.28. The van der Waals surface area contributed by atoms with Crippen LogP contribution in [0.5, 0.6) is 0 Å². The molecule has 1 heterocycles. The van der Waals surface area contributed by atoms with Crippen molar-refractivity contribution in [2.75, 3.05) is 6.54 Å². The molecule has 1 amide bonds. The summed E-state index contributed by atoms with van der Waals surface area (Å²) in [5, 5.41) is 14.0. The van der Waals surface area contributed by atoms with Gasteiger partial charge in [0.05, 0.1) is 5.69 Å². The quantitative estimate of drug-likeness (QED) is 0.834. The molecule has 2 aromatic rings. The van der Waals surface area contributed by atoms with Gasteiger partial charge in [-0.15, -0.1) is 5.10 Å². The number of carbonyl (C=O) groups is 1. The summed E-state index contributed by atoms with van der Waals surface area (Å²) in [6.07, 6.45) is 2.31. The number of hydrogen-bond acceptors (Lipinski definition) is 5. The van der Waals surface area contributed by atoms with Gasteiger partial charge in [-0.1, -0.05) is 19.9 Å². The Morgan fingerprint density at radius 2 is 2.23 bits per heavy atom. The fourth-order valence-electron chi connectivity index (χ4n) is 2.50. The maximum Gasteiger partial charge on any atom is 0.251 e. The summed E-state index contributed by atoms with van der Waals surface area (Å²) in [5.74, 6) is 0.296. The number of carbonyl (C=O) groups excluding carboxylic acids is 1. The molecule has 1 aromatic carbocycles. The topological polar surface area (TPSA) is 98.7 Å². The first-order valence-corrected chi connectivity index (χ1v) is 7.29. The van der Waals surface area contributed by atoms with Gasteiger partial charge in [0.25, 0.3) is 5.91 Å². The highest BCUT2D eigenvalue weighted by molar-refractivity contribution is 5.95. The zero-order chi connectivity index (χ0) is 16.2. The number of nitrogens with zero attached hydrogens (tertiary/aromatic N) is 4. The Morgan fingerprint density at radius 3 is 2.82 bits per heavy atom. The van der Waals surface area contributed by atoms with Crippen LogP contribution in [-0.4, -0.2) is 38.2 Å². The van der Waals surface area contributed by atoms with E-state index in [1.165, 1.54) is 11.0 Å². The second-order valence-electron chi connectivity index (χ2n) is 6.12. The van der Waals surface area contributed by atoms with Crippen molar-refractivity contribution >= 4 is 5.91 Å². The van der Waals surface area contributed by atoms with Gasteiger partial charge in [-0.2, -0.15) is 0 Å². The Labute approximate surface area is 129 Å². The van der Waals surface area contributed by atoms with E-state index in [1.807, 2.05) is 13.0 Å². The van der Waals surface area contributed by atoms with Crippen LogP contribution in [0.3, 0.4) is 0 Å². The smallest absolute Gasteiger partial charge is 0.251 e. The summed E-state index contributed by atoms with van der Waals surface area (Å²) in [4.78, 5) is 12.5. The Kier molecular flexibility index (Phi) is 4.87. The number of benzene rings is 1. The van der Waals surface area contributed by atoms with Gasteiger partial charge < -0.3 is 11.1 Å². The summed E-state index contributed by atoms with van der Waals surface area (Å²) in [5.41, 5.74) is 6.71. The van der Waals surface area contributed by atoms with Crippen LogP contribution in [-0.2, 0) is 0 Å². The molecule has 0 spiro atoms. The first-order valence-electron chi connectivity index (χ1n) is 7.29. The number of amides is 1. The van der Waals surface area contributed by atoms with Gasteiger partial charge in [-0.3, -0.25) is 4.79 Å². The van der Waals surface area contributed by atoms with E-state index in [4.69, 9.17) is 5.73 Å². The molecule has 0 aliphatic rings. The molecule has 0 aliphatic heterocycles. The maximum absolute atomic E-state index is 12.5. The van der Waals surface area contributed by atoms with Crippen molar-refractivity contribution in [1.82, 2.24) is 25.5 Å². The van der Waals surface area contributed by atoms with E-state index in [1.54, 1.807) is 18.2 Å². The number of hydrogen-bond donors (Lipinski definition) is 2. The maximum atomic E-state index is 12.5. The summed E-state index contributed by atoms with van der Waals surface area (Å²) in [6, 6.07) is 7.14. The normalized spacial score (nSPS) is 13.9. The third-order valence-corrected chi connectivity index (χ3v) is 3.45. The molecule has 0 radical (unpaired) electrons. The first-order chi connectivity index (χ1) is 10.4. The van der Waals surface area contributed by atoms with Crippen LogP contribution in [0, 0.1) is 5.92 Å². The molecule has 1 atom stereocenters. The summed E-state index contributed by atoms with van der Waals surface area (Å²) < 4.78 is 1.51. The molecule has 0 bridgehead atoms. The number of aromatic nitrogens is 4. The second kappa shape index (κ2) is 6.65. The van der Waals surface area contributed by atoms with Crippen LogP contribution in [0.25, 0.3) is 5.69 Å². The number of tetrazole rings is 1. The average Bonchev–Trinajstić information content (AvgIpc) is 3.00. The van der Waals surface area contributed by atoms with Gasteiger partial charge >= 0.3 is 0 Å². The fraction of sp³-hybridized carbons (Fsp3) is 0.467. The lowest BCUT2D eigenvalue weighted by Gasteiger charge is -2.31. The molecule has 1 aromatic heterocycles. The predicted octanol–water partition coefficient (Wildman–Crippen LogP) is 1.16. The van der Waals surface area contributed by atoms with Gasteiger partial charge in [0.1, 0.15) is 6.33 Å². The molecular weight excluding hydrogens is 280 g/mol. The molecule has 118 valence electrons. The van der Waals surface area contributed by atoms with Gasteiger partial charge in [0.2, 0.25) is 0 Å². The van der Waals surface area contributed by atoms with Crippen molar-refractivity contribution in [3.8, 4) is 5.69 Å². The Balaban J connectivity index is 2.17. The van der Waals surface area contributed by atoms with Crippen molar-refractivity contribution in [3.05, 3.63) is 36.2 Å². The third kappa shape index (κ3) is 3.88. The van der Waals surface area contributed by atoms with Gasteiger partial charge in [0, 0.05) is 17.6 Å². The highest BCUT2D eigenvalue weighted by atomic mass is 16.1. The van der Waals surface area contributed by atoms with Crippen molar-refractivity contribution in [2.24, 2.45) is 11.7 Å². The van der Waals surface area contributed by atoms with Crippen LogP contribution < -0.4 is 11.1 Å². The molecular formula is C15H22N6O. The predicted molar refractivity (Wildman–Crippen MR) is 83.5 cm³/mol. The van der Waals surface area contributed by atoms with Gasteiger partial charge in [0.15, 0.2) is 0 Å². The van der Waals surface area contributed by atoms with Crippen molar-refractivity contribution in [3.63, 3.8) is 0 Å². The second-order valence-corrected chi connectivity index (χ2v) is 6.12. The minimum absolute atomic E-state index is 0.150. The molecule has 2 rings (SSSR count). The molecule has 7 heteroatoms. The number of nitrogens with two attached hydrogens (primary N) is 1. The molecule has 0 saturated carbocycles. The number of rotatable bonds is 6. The molecule has 7 nitrogen and oxygen atoms in total. The van der Waals surface area contributed by atoms with E-state index in [9.17, 15) is 4.79 Å². The third-order valence-electron chi connectivity index (χ3n) is 3.45. The molecule has 1 unspecified atom stereocenters. The summed E-state index contributed by atoms with van der Waals surface area (Å²) >= 11 is 0. The standard InChI is InChI=1S/C15H22N6O/c1-11(2)8-15(3,9-16)18-14(22)12-5-4-6-13(7-12)21-10-17-19-20-21/h4-7,10-11H,8-9,16H2,1-3H3,(H,18,22). The minimum atomic E-state index is -0.421. The average molecular weight is 302 g/mol. The van der Waals surface area contributed by atoms with E-state index in [2.05, 4.69) is 34.7 Å². The summed E-state index contributed by atoms with van der Waals surface area (Å²) in [7, 11) is 0. The lowest BCUT2D eigenvalue weighted by Crippen LogP contribution is -2.52. The Morgan fingerprint density at radius 1 is 1.45 bits per heavy atom. The molecule has 22 heavy (non-hydrogen) atoms. The van der Waals surface area contributed by atoms with E-state index in [0.29, 0.717) is 18.0 Å². The van der Waals surface area contributed by atoms with E-state index >= 15 is 0 Å². The molecule has 0 fully saturated rings. The lowest BCUT2D eigenvalue weighted by atomic mass is 9.90. The van der Waals surface area contributed by atoms with Crippen LogP contribution in [0.2, 0.25) is 0 Å². The first kappa shape index (κ1) is 16.1. The minimum Gasteiger partial charge on any atom is -0.346 e. The van der Waals surface area contributed by atoms with Crippen LogP contribution in [0.4, 0.5) is 0 Å². The van der Waals surface area contributed by atoms with Gasteiger partial charge in [-0.05, 0) is 47.9 Å². The van der Waals surface area contributed by atoms with E-state index < -0.39 is 5.54 Å². The zero-order valence-electron chi connectivity index (χ0n) is 13.2. The van der Waals surface area contributed by atoms with Crippen molar-refractivity contribution < 1.29 is 4.79 Å². The monoisotopic (exact) mass is 302 g/mol. The van der Waals surface area contributed by atoms with E-state index in [-0.39, 0.29) is 5.91 Å². The molecule has 0 aliphatic carbocycles. The largest absolute Gasteiger partial charge is 0.346 e. The summed E-state index contributed by atoms with van der Waals surface area (Å²) in [6.45, 7) is 6.58. The zero-order valence-corrected chi connectivity index (χ0v) is 13.2. The molecule has 3 N–H and O–H groups in total. The van der Waals surface area contributed by atoms with Crippen LogP contribution in [0.15, 0.2) is 30.6 Å². The highest BCUT2D eigenvalue weighted by Crippen LogP contribution is 2.17. The number of nitrogens with one attached hydrogen (secondary N) is 1. The highest BCUT2D eigenvalue weighted by Gasteiger charge is 2.26. The SMILES string of the molecule is CC(C)CC(C)(CN)NC(=O)c1cccc(-n2cnnn2)c1. The lowest BCUT2D eigenvalue weighted by molar-refractivity contribution is 0.0898.